The molecule has 0 atom stereocenters. The lowest BCUT2D eigenvalue weighted by Crippen LogP contribution is -2.48. The van der Waals surface area contributed by atoms with Crippen LogP contribution in [0.5, 0.6) is 0 Å². The molecule has 0 bridgehead atoms. The number of anilines is 1. The first-order chi connectivity index (χ1) is 12.3. The second kappa shape index (κ2) is 9.46. The quantitative estimate of drug-likeness (QED) is 0.453. The van der Waals surface area contributed by atoms with Gasteiger partial charge in [-0.15, -0.1) is 11.3 Å². The fourth-order valence-corrected chi connectivity index (χ4v) is 3.86. The molecule has 2 N–H and O–H groups in total. The maximum Gasteiger partial charge on any atom is 0.191 e. The van der Waals surface area contributed by atoms with Crippen LogP contribution in [0.1, 0.15) is 26.2 Å². The zero-order valence-electron chi connectivity index (χ0n) is 14.9. The number of hydrogen-bond acceptors (Lipinski definition) is 4. The normalized spacial score (nSPS) is 16.2. The molecule has 6 nitrogen and oxygen atoms in total. The predicted molar refractivity (Wildman–Crippen MR) is 106 cm³/mol. The molecule has 25 heavy (non-hydrogen) atoms. The molecule has 1 aliphatic rings. The van der Waals surface area contributed by atoms with Crippen LogP contribution < -0.4 is 15.5 Å². The van der Waals surface area contributed by atoms with E-state index in [1.807, 2.05) is 30.1 Å². The SMILES string of the molecule is CCNC(=NCCCn1ccnc1)NC1CCN(c2cccs2)CC1. The van der Waals surface area contributed by atoms with Gasteiger partial charge < -0.3 is 20.1 Å². The van der Waals surface area contributed by atoms with E-state index in [1.54, 1.807) is 0 Å². The van der Waals surface area contributed by atoms with Crippen molar-refractivity contribution in [3.63, 3.8) is 0 Å². The number of nitrogens with one attached hydrogen (secondary N) is 2. The van der Waals surface area contributed by atoms with Gasteiger partial charge in [0, 0.05) is 51.2 Å². The van der Waals surface area contributed by atoms with E-state index in [0.29, 0.717) is 6.04 Å². The molecule has 1 aliphatic heterocycles. The van der Waals surface area contributed by atoms with Crippen LogP contribution in [0.2, 0.25) is 0 Å². The first kappa shape index (κ1) is 17.8. The summed E-state index contributed by atoms with van der Waals surface area (Å²) < 4.78 is 2.09. The summed E-state index contributed by atoms with van der Waals surface area (Å²) in [4.78, 5) is 11.3. The molecule has 0 radical (unpaired) electrons. The summed E-state index contributed by atoms with van der Waals surface area (Å²) in [6.45, 7) is 7.00. The molecule has 136 valence electrons. The lowest BCUT2D eigenvalue weighted by atomic mass is 10.1. The lowest BCUT2D eigenvalue weighted by Gasteiger charge is -2.33. The van der Waals surface area contributed by atoms with Gasteiger partial charge in [-0.3, -0.25) is 4.99 Å². The molecule has 3 rings (SSSR count). The van der Waals surface area contributed by atoms with Crippen molar-refractivity contribution in [1.82, 2.24) is 20.2 Å². The van der Waals surface area contributed by atoms with Crippen LogP contribution in [0.3, 0.4) is 0 Å². The Kier molecular flexibility index (Phi) is 6.73. The Morgan fingerprint density at radius 1 is 1.40 bits per heavy atom. The van der Waals surface area contributed by atoms with Crippen molar-refractivity contribution in [2.75, 3.05) is 31.1 Å². The van der Waals surface area contributed by atoms with Gasteiger partial charge in [0.05, 0.1) is 11.3 Å². The lowest BCUT2D eigenvalue weighted by molar-refractivity contribution is 0.462. The summed E-state index contributed by atoms with van der Waals surface area (Å²) in [5.74, 6) is 0.947. The summed E-state index contributed by atoms with van der Waals surface area (Å²) in [7, 11) is 0. The minimum atomic E-state index is 0.502. The Balaban J connectivity index is 1.42. The van der Waals surface area contributed by atoms with Crippen molar-refractivity contribution in [3.8, 4) is 0 Å². The third-order valence-corrected chi connectivity index (χ3v) is 5.33. The van der Waals surface area contributed by atoms with Crippen LogP contribution in [0, 0.1) is 0 Å². The smallest absolute Gasteiger partial charge is 0.191 e. The minimum absolute atomic E-state index is 0.502. The number of guanidine groups is 1. The second-order valence-electron chi connectivity index (χ2n) is 6.27. The maximum absolute atomic E-state index is 4.73. The standard InChI is InChI=1S/C18H28N6S/c1-2-20-18(21-8-4-10-23-13-9-19-15-23)22-16-6-11-24(12-7-16)17-5-3-14-25-17/h3,5,9,13-16H,2,4,6-8,10-12H2,1H3,(H2,20,21,22). The summed E-state index contributed by atoms with van der Waals surface area (Å²) in [6, 6.07) is 4.84. The minimum Gasteiger partial charge on any atom is -0.363 e. The Morgan fingerprint density at radius 3 is 2.96 bits per heavy atom. The molecule has 0 spiro atoms. The molecule has 0 amide bonds. The number of hydrogen-bond donors (Lipinski definition) is 2. The molecule has 1 fully saturated rings. The highest BCUT2D eigenvalue weighted by Crippen LogP contribution is 2.24. The van der Waals surface area contributed by atoms with Crippen molar-refractivity contribution >= 4 is 22.3 Å². The number of rotatable bonds is 7. The average molecular weight is 361 g/mol. The van der Waals surface area contributed by atoms with Crippen molar-refractivity contribution in [2.24, 2.45) is 4.99 Å². The van der Waals surface area contributed by atoms with Crippen molar-refractivity contribution in [3.05, 3.63) is 36.2 Å². The molecule has 0 aliphatic carbocycles. The van der Waals surface area contributed by atoms with Crippen molar-refractivity contribution < 1.29 is 0 Å². The molecule has 7 heteroatoms. The first-order valence-corrected chi connectivity index (χ1v) is 10.0. The average Bonchev–Trinajstić information content (AvgIpc) is 3.33. The van der Waals surface area contributed by atoms with Gasteiger partial charge in [-0.05, 0) is 43.7 Å². The number of piperidine rings is 1. The molecular formula is C18H28N6S. The van der Waals surface area contributed by atoms with E-state index in [4.69, 9.17) is 4.99 Å². The van der Waals surface area contributed by atoms with Gasteiger partial charge in [0.15, 0.2) is 5.96 Å². The Morgan fingerprint density at radius 2 is 2.28 bits per heavy atom. The molecular weight excluding hydrogens is 332 g/mol. The topological polar surface area (TPSA) is 57.5 Å². The summed E-state index contributed by atoms with van der Waals surface area (Å²) >= 11 is 1.83. The van der Waals surface area contributed by atoms with Crippen LogP contribution in [0.25, 0.3) is 0 Å². The largest absolute Gasteiger partial charge is 0.363 e. The predicted octanol–water partition coefficient (Wildman–Crippen LogP) is 2.56. The zero-order valence-corrected chi connectivity index (χ0v) is 15.7. The van der Waals surface area contributed by atoms with E-state index in [-0.39, 0.29) is 0 Å². The van der Waals surface area contributed by atoms with E-state index in [0.717, 1.165) is 57.9 Å². The second-order valence-corrected chi connectivity index (χ2v) is 7.20. The van der Waals surface area contributed by atoms with Crippen molar-refractivity contribution in [1.29, 1.82) is 0 Å². The third kappa shape index (κ3) is 5.49. The third-order valence-electron chi connectivity index (χ3n) is 4.40. The fourth-order valence-electron chi connectivity index (χ4n) is 3.07. The maximum atomic E-state index is 4.73. The number of imidazole rings is 1. The van der Waals surface area contributed by atoms with E-state index < -0.39 is 0 Å². The van der Waals surface area contributed by atoms with Crippen LogP contribution in [-0.2, 0) is 6.54 Å². The molecule has 1 saturated heterocycles. The molecule has 0 unspecified atom stereocenters. The van der Waals surface area contributed by atoms with Gasteiger partial charge in [-0.25, -0.2) is 4.98 Å². The molecule has 3 heterocycles. The van der Waals surface area contributed by atoms with Crippen LogP contribution in [-0.4, -0.2) is 47.7 Å². The molecule has 0 saturated carbocycles. The van der Waals surface area contributed by atoms with E-state index in [1.165, 1.54) is 5.00 Å². The van der Waals surface area contributed by atoms with Crippen molar-refractivity contribution in [2.45, 2.75) is 38.8 Å². The number of aromatic nitrogens is 2. The van der Waals surface area contributed by atoms with E-state index >= 15 is 0 Å². The monoisotopic (exact) mass is 360 g/mol. The van der Waals surface area contributed by atoms with Gasteiger partial charge in [0.25, 0.3) is 0 Å². The highest BCUT2D eigenvalue weighted by Gasteiger charge is 2.20. The Bertz CT molecular complexity index is 614. The zero-order chi connectivity index (χ0) is 17.3. The van der Waals surface area contributed by atoms with Gasteiger partial charge >= 0.3 is 0 Å². The van der Waals surface area contributed by atoms with Gasteiger partial charge in [0.2, 0.25) is 0 Å². The van der Waals surface area contributed by atoms with E-state index in [2.05, 4.69) is 49.5 Å². The fraction of sp³-hybridized carbons (Fsp3) is 0.556. The number of aryl methyl sites for hydroxylation is 1. The molecule has 0 aromatic carbocycles. The highest BCUT2D eigenvalue weighted by molar-refractivity contribution is 7.14. The number of thiophene rings is 1. The summed E-state index contributed by atoms with van der Waals surface area (Å²) in [5.41, 5.74) is 0. The van der Waals surface area contributed by atoms with Crippen LogP contribution in [0.15, 0.2) is 41.2 Å². The number of nitrogens with zero attached hydrogens (tertiary/aromatic N) is 4. The molecule has 2 aromatic heterocycles. The van der Waals surface area contributed by atoms with Crippen LogP contribution >= 0.6 is 11.3 Å². The van der Waals surface area contributed by atoms with Gasteiger partial charge in [-0.2, -0.15) is 0 Å². The Hall–Kier alpha value is -2.02. The molecule has 2 aromatic rings. The first-order valence-electron chi connectivity index (χ1n) is 9.14. The Labute approximate surface area is 154 Å². The highest BCUT2D eigenvalue weighted by atomic mass is 32.1. The van der Waals surface area contributed by atoms with E-state index in [9.17, 15) is 0 Å². The van der Waals surface area contributed by atoms with Crippen LogP contribution in [0.4, 0.5) is 5.00 Å². The summed E-state index contributed by atoms with van der Waals surface area (Å²) in [5, 5.41) is 10.5. The summed E-state index contributed by atoms with van der Waals surface area (Å²) in [6.07, 6.45) is 8.99. The van der Waals surface area contributed by atoms with Gasteiger partial charge in [0.1, 0.15) is 0 Å². The van der Waals surface area contributed by atoms with Gasteiger partial charge in [-0.1, -0.05) is 0 Å². The number of aliphatic imine (C=N–C) groups is 1.